The molecule has 2 saturated heterocycles. The van der Waals surface area contributed by atoms with Gasteiger partial charge >= 0.3 is 0 Å². The van der Waals surface area contributed by atoms with E-state index in [1.807, 2.05) is 11.8 Å². The second kappa shape index (κ2) is 7.38. The zero-order chi connectivity index (χ0) is 14.4. The molecule has 1 N–H and O–H groups in total. The molecule has 1 amide bonds. The Labute approximate surface area is 121 Å². The van der Waals surface area contributed by atoms with Crippen LogP contribution >= 0.6 is 0 Å². The van der Waals surface area contributed by atoms with Gasteiger partial charge in [0.15, 0.2) is 0 Å². The highest BCUT2D eigenvalue weighted by Crippen LogP contribution is 2.21. The molecule has 1 atom stereocenters. The topological polar surface area (TPSA) is 53.0 Å². The number of aliphatic hydroxyl groups is 1. The van der Waals surface area contributed by atoms with Gasteiger partial charge in [-0.05, 0) is 45.7 Å². The highest BCUT2D eigenvalue weighted by molar-refractivity contribution is 5.76. The molecule has 2 fully saturated rings. The van der Waals surface area contributed by atoms with Crippen molar-refractivity contribution in [3.63, 3.8) is 0 Å². The van der Waals surface area contributed by atoms with Crippen LogP contribution in [0.1, 0.15) is 39.0 Å². The van der Waals surface area contributed by atoms with Crippen LogP contribution in [0.4, 0.5) is 0 Å². The molecule has 20 heavy (non-hydrogen) atoms. The van der Waals surface area contributed by atoms with E-state index in [0.29, 0.717) is 19.6 Å². The van der Waals surface area contributed by atoms with Crippen LogP contribution in [0.5, 0.6) is 0 Å². The number of carbonyl (C=O) groups excluding carboxylic acids is 1. The monoisotopic (exact) mass is 284 g/mol. The largest absolute Gasteiger partial charge is 0.390 e. The molecule has 0 aromatic carbocycles. The summed E-state index contributed by atoms with van der Waals surface area (Å²) < 4.78 is 5.26. The van der Waals surface area contributed by atoms with E-state index in [1.54, 1.807) is 0 Å². The SMILES string of the molecule is CC1(O)CCCN(CCCC(=O)N2CCOCC2)CC1. The van der Waals surface area contributed by atoms with Crippen LogP contribution in [0.25, 0.3) is 0 Å². The average molecular weight is 284 g/mol. The van der Waals surface area contributed by atoms with Crippen molar-refractivity contribution in [3.05, 3.63) is 0 Å². The maximum atomic E-state index is 12.0. The summed E-state index contributed by atoms with van der Waals surface area (Å²) in [6, 6.07) is 0. The first kappa shape index (κ1) is 15.7. The molecule has 0 aromatic heterocycles. The lowest BCUT2D eigenvalue weighted by molar-refractivity contribution is -0.135. The molecule has 0 saturated carbocycles. The minimum absolute atomic E-state index is 0.259. The molecule has 0 bridgehead atoms. The molecule has 2 heterocycles. The van der Waals surface area contributed by atoms with Gasteiger partial charge in [0.2, 0.25) is 5.91 Å². The molecule has 0 spiro atoms. The first-order chi connectivity index (χ1) is 9.57. The Kier molecular flexibility index (Phi) is 5.81. The Balaban J connectivity index is 1.63. The van der Waals surface area contributed by atoms with Gasteiger partial charge in [0.05, 0.1) is 18.8 Å². The highest BCUT2D eigenvalue weighted by atomic mass is 16.5. The van der Waals surface area contributed by atoms with Gasteiger partial charge in [-0.2, -0.15) is 0 Å². The lowest BCUT2D eigenvalue weighted by atomic mass is 9.98. The predicted octanol–water partition coefficient (Wildman–Crippen LogP) is 0.862. The number of carbonyl (C=O) groups is 1. The van der Waals surface area contributed by atoms with Crippen LogP contribution in [0.15, 0.2) is 0 Å². The standard InChI is InChI=1S/C15H28N2O3/c1-15(19)5-3-8-16(9-6-15)7-2-4-14(18)17-10-12-20-13-11-17/h19H,2-13H2,1H3. The van der Waals surface area contributed by atoms with Gasteiger partial charge in [-0.15, -0.1) is 0 Å². The van der Waals surface area contributed by atoms with Crippen molar-refractivity contribution < 1.29 is 14.6 Å². The summed E-state index contributed by atoms with van der Waals surface area (Å²) in [7, 11) is 0. The lowest BCUT2D eigenvalue weighted by Crippen LogP contribution is -2.40. The van der Waals surface area contributed by atoms with Crippen molar-refractivity contribution in [3.8, 4) is 0 Å². The maximum Gasteiger partial charge on any atom is 0.222 e. The number of hydrogen-bond donors (Lipinski definition) is 1. The molecule has 0 aromatic rings. The van der Waals surface area contributed by atoms with Gasteiger partial charge < -0.3 is 19.6 Å². The number of amides is 1. The second-order valence-corrected chi connectivity index (χ2v) is 6.29. The van der Waals surface area contributed by atoms with Gasteiger partial charge in [-0.3, -0.25) is 4.79 Å². The van der Waals surface area contributed by atoms with Crippen LogP contribution in [-0.4, -0.2) is 72.4 Å². The molecular formula is C15H28N2O3. The molecule has 2 aliphatic heterocycles. The third-order valence-corrected chi connectivity index (χ3v) is 4.39. The van der Waals surface area contributed by atoms with E-state index in [9.17, 15) is 9.90 Å². The van der Waals surface area contributed by atoms with Crippen molar-refractivity contribution in [1.82, 2.24) is 9.80 Å². The number of ether oxygens (including phenoxy) is 1. The first-order valence-electron chi connectivity index (χ1n) is 7.87. The fourth-order valence-corrected chi connectivity index (χ4v) is 2.97. The summed E-state index contributed by atoms with van der Waals surface area (Å²) in [6.45, 7) is 7.71. The molecule has 2 rings (SSSR count). The number of nitrogens with zero attached hydrogens (tertiary/aromatic N) is 2. The van der Waals surface area contributed by atoms with E-state index in [2.05, 4.69) is 4.90 Å². The third-order valence-electron chi connectivity index (χ3n) is 4.39. The van der Waals surface area contributed by atoms with E-state index in [0.717, 1.165) is 58.4 Å². The van der Waals surface area contributed by atoms with Gasteiger partial charge in [0.1, 0.15) is 0 Å². The first-order valence-corrected chi connectivity index (χ1v) is 7.87. The van der Waals surface area contributed by atoms with Crippen LogP contribution in [0.2, 0.25) is 0 Å². The van der Waals surface area contributed by atoms with Crippen molar-refractivity contribution in [2.45, 2.75) is 44.6 Å². The fraction of sp³-hybridized carbons (Fsp3) is 0.933. The Morgan fingerprint density at radius 3 is 2.70 bits per heavy atom. The quantitative estimate of drug-likeness (QED) is 0.832. The summed E-state index contributed by atoms with van der Waals surface area (Å²) in [5, 5.41) is 10.1. The fourth-order valence-electron chi connectivity index (χ4n) is 2.97. The van der Waals surface area contributed by atoms with Crippen LogP contribution < -0.4 is 0 Å². The Hall–Kier alpha value is -0.650. The molecule has 116 valence electrons. The molecule has 5 heteroatoms. The van der Waals surface area contributed by atoms with E-state index >= 15 is 0 Å². The van der Waals surface area contributed by atoms with Crippen molar-refractivity contribution in [1.29, 1.82) is 0 Å². The van der Waals surface area contributed by atoms with Gasteiger partial charge in [0.25, 0.3) is 0 Å². The summed E-state index contributed by atoms with van der Waals surface area (Å²) in [4.78, 5) is 16.3. The number of hydrogen-bond acceptors (Lipinski definition) is 4. The molecule has 2 aliphatic rings. The maximum absolute atomic E-state index is 12.0. The zero-order valence-electron chi connectivity index (χ0n) is 12.6. The molecule has 1 unspecified atom stereocenters. The van der Waals surface area contributed by atoms with Crippen LogP contribution in [0.3, 0.4) is 0 Å². The average Bonchev–Trinajstić information content (AvgIpc) is 2.61. The van der Waals surface area contributed by atoms with E-state index in [4.69, 9.17) is 4.74 Å². The Morgan fingerprint density at radius 1 is 1.20 bits per heavy atom. The van der Waals surface area contributed by atoms with Gasteiger partial charge in [0, 0.05) is 26.1 Å². The molecule has 0 radical (unpaired) electrons. The number of likely N-dealkylation sites (tertiary alicyclic amines) is 1. The lowest BCUT2D eigenvalue weighted by Gasteiger charge is -2.27. The normalized spacial score (nSPS) is 29.2. The van der Waals surface area contributed by atoms with Crippen molar-refractivity contribution >= 4 is 5.91 Å². The summed E-state index contributed by atoms with van der Waals surface area (Å²) in [5.41, 5.74) is -0.502. The Bertz CT molecular complexity index is 314. The van der Waals surface area contributed by atoms with E-state index < -0.39 is 5.60 Å². The smallest absolute Gasteiger partial charge is 0.222 e. The van der Waals surface area contributed by atoms with Gasteiger partial charge in [-0.1, -0.05) is 0 Å². The van der Waals surface area contributed by atoms with Crippen LogP contribution in [0, 0.1) is 0 Å². The zero-order valence-corrected chi connectivity index (χ0v) is 12.6. The van der Waals surface area contributed by atoms with Crippen LogP contribution in [-0.2, 0) is 9.53 Å². The number of morpholine rings is 1. The molecule has 5 nitrogen and oxygen atoms in total. The third kappa shape index (κ3) is 5.04. The van der Waals surface area contributed by atoms with Crippen molar-refractivity contribution in [2.24, 2.45) is 0 Å². The number of rotatable bonds is 4. The minimum atomic E-state index is -0.502. The predicted molar refractivity (Wildman–Crippen MR) is 77.5 cm³/mol. The summed E-state index contributed by atoms with van der Waals surface area (Å²) >= 11 is 0. The van der Waals surface area contributed by atoms with E-state index in [-0.39, 0.29) is 5.91 Å². The minimum Gasteiger partial charge on any atom is -0.390 e. The highest BCUT2D eigenvalue weighted by Gasteiger charge is 2.24. The second-order valence-electron chi connectivity index (χ2n) is 6.29. The molecular weight excluding hydrogens is 256 g/mol. The van der Waals surface area contributed by atoms with Gasteiger partial charge in [-0.25, -0.2) is 0 Å². The van der Waals surface area contributed by atoms with Crippen molar-refractivity contribution in [2.75, 3.05) is 45.9 Å². The molecule has 0 aliphatic carbocycles. The van der Waals surface area contributed by atoms with E-state index in [1.165, 1.54) is 0 Å². The summed E-state index contributed by atoms with van der Waals surface area (Å²) in [6.07, 6.45) is 4.32. The Morgan fingerprint density at radius 2 is 1.95 bits per heavy atom. The summed E-state index contributed by atoms with van der Waals surface area (Å²) in [5.74, 6) is 0.259.